The molecule has 0 aromatic carbocycles. The zero-order chi connectivity index (χ0) is 10.2. The molecule has 0 nitrogen and oxygen atoms in total. The second-order valence-electron chi connectivity index (χ2n) is 3.29. The second-order valence-corrected chi connectivity index (χ2v) is 4.71. The Kier molecular flexibility index (Phi) is 7.44. The Morgan fingerprint density at radius 1 is 0.923 bits per heavy atom. The van der Waals surface area contributed by atoms with E-state index in [1.54, 1.807) is 22.5 Å². The van der Waals surface area contributed by atoms with Crippen molar-refractivity contribution in [1.82, 2.24) is 0 Å². The summed E-state index contributed by atoms with van der Waals surface area (Å²) in [6.45, 7) is 11.5. The van der Waals surface area contributed by atoms with Crippen LogP contribution >= 0.6 is 0 Å². The Labute approximate surface area is 95.9 Å². The molecule has 0 spiro atoms. The fourth-order valence-corrected chi connectivity index (χ4v) is 2.00. The molecule has 0 amide bonds. The monoisotopic (exact) mass is 283 g/mol. The molecule has 0 saturated carbocycles. The van der Waals surface area contributed by atoms with Crippen LogP contribution in [0.4, 0.5) is 0 Å². The van der Waals surface area contributed by atoms with Crippen LogP contribution < -0.4 is 0 Å². The van der Waals surface area contributed by atoms with Crippen molar-refractivity contribution in [1.29, 1.82) is 0 Å². The first kappa shape index (κ1) is 13.0. The summed E-state index contributed by atoms with van der Waals surface area (Å²) in [5.41, 5.74) is -0.0266. The van der Waals surface area contributed by atoms with Crippen molar-refractivity contribution < 1.29 is 0 Å². The molecule has 0 bridgehead atoms. The van der Waals surface area contributed by atoms with Gasteiger partial charge in [-0.15, -0.1) is 0 Å². The first-order valence-corrected chi connectivity index (χ1v) is 6.82. The molecule has 0 aliphatic rings. The minimum atomic E-state index is -0.0266. The Bertz CT molecular complexity index is 148. The third-order valence-electron chi connectivity index (χ3n) is 2.43. The van der Waals surface area contributed by atoms with Crippen LogP contribution in [0.5, 0.6) is 0 Å². The zero-order valence-corrected chi connectivity index (χ0v) is 11.2. The molecule has 0 aromatic heterocycles. The maximum absolute atomic E-state index is 3.84. The van der Waals surface area contributed by atoms with Gasteiger partial charge >= 0.3 is 96.0 Å². The average molecular weight is 282 g/mol. The normalized spacial score (nSPS) is 10.8. The van der Waals surface area contributed by atoms with Crippen LogP contribution in [-0.2, 0) is 0 Å². The fourth-order valence-electron chi connectivity index (χ4n) is 1.29. The van der Waals surface area contributed by atoms with Gasteiger partial charge in [-0.2, -0.15) is 0 Å². The molecule has 0 unspecified atom stereocenters. The third kappa shape index (κ3) is 4.70. The van der Waals surface area contributed by atoms with Gasteiger partial charge in [0, 0.05) is 0 Å². The average Bonchev–Trinajstić information content (AvgIpc) is 2.20. The summed E-state index contributed by atoms with van der Waals surface area (Å²) >= 11 is 1.65. The summed E-state index contributed by atoms with van der Waals surface area (Å²) in [7, 11) is 0. The first-order valence-electron chi connectivity index (χ1n) is 4.80. The zero-order valence-electron chi connectivity index (χ0n) is 8.39. The standard InChI is InChI=1S/C12H19.Sn/c1-5-9-10-11-12(6-2,7-3)8-4;/h6-8H,1-5,9-11H2;. The van der Waals surface area contributed by atoms with Gasteiger partial charge in [-0.3, -0.25) is 0 Å². The second kappa shape index (κ2) is 7.43. The number of hydrogen-bond donors (Lipinski definition) is 0. The molecule has 1 heteroatoms. The van der Waals surface area contributed by atoms with Crippen molar-refractivity contribution in [3.05, 3.63) is 38.0 Å². The van der Waals surface area contributed by atoms with Crippen molar-refractivity contribution in [3.8, 4) is 0 Å². The number of rotatable bonds is 8. The van der Waals surface area contributed by atoms with Gasteiger partial charge in [0.25, 0.3) is 0 Å². The molecular formula is C12H19Sn. The van der Waals surface area contributed by atoms with E-state index in [4.69, 9.17) is 0 Å². The van der Waals surface area contributed by atoms with Crippen molar-refractivity contribution in [3.63, 3.8) is 0 Å². The van der Waals surface area contributed by atoms with E-state index in [0.29, 0.717) is 0 Å². The summed E-state index contributed by atoms with van der Waals surface area (Å²) < 4.78 is 1.37. The van der Waals surface area contributed by atoms with Crippen LogP contribution in [0.25, 0.3) is 0 Å². The molecule has 13 heavy (non-hydrogen) atoms. The van der Waals surface area contributed by atoms with E-state index in [9.17, 15) is 0 Å². The molecule has 0 saturated heterocycles. The molecule has 71 valence electrons. The Balaban J connectivity index is 3.89. The SMILES string of the molecule is C=CC(C=C)(C=C)CCCC[CH2][Sn]. The maximum atomic E-state index is 3.84. The van der Waals surface area contributed by atoms with E-state index in [1.807, 2.05) is 18.2 Å². The summed E-state index contributed by atoms with van der Waals surface area (Å²) in [6.07, 6.45) is 10.9. The quantitative estimate of drug-likeness (QED) is 0.362. The van der Waals surface area contributed by atoms with Crippen LogP contribution in [0, 0.1) is 5.41 Å². The molecule has 0 fully saturated rings. The number of allylic oxidation sites excluding steroid dienone is 3. The van der Waals surface area contributed by atoms with Gasteiger partial charge in [0.15, 0.2) is 0 Å². The van der Waals surface area contributed by atoms with E-state index in [0.717, 1.165) is 6.42 Å². The van der Waals surface area contributed by atoms with Crippen LogP contribution in [-0.4, -0.2) is 22.5 Å². The van der Waals surface area contributed by atoms with E-state index in [-0.39, 0.29) is 5.41 Å². The van der Waals surface area contributed by atoms with E-state index in [2.05, 4.69) is 19.7 Å². The number of unbranched alkanes of at least 4 members (excludes halogenated alkanes) is 2. The van der Waals surface area contributed by atoms with Crippen LogP contribution in [0.3, 0.4) is 0 Å². The topological polar surface area (TPSA) is 0 Å². The third-order valence-corrected chi connectivity index (χ3v) is 3.44. The van der Waals surface area contributed by atoms with Gasteiger partial charge in [0.1, 0.15) is 0 Å². The molecule has 0 aliphatic carbocycles. The molecule has 0 aromatic rings. The summed E-state index contributed by atoms with van der Waals surface area (Å²) in [5.74, 6) is 0. The Morgan fingerprint density at radius 3 is 1.85 bits per heavy atom. The van der Waals surface area contributed by atoms with Gasteiger partial charge in [0.2, 0.25) is 0 Å². The molecule has 0 rings (SSSR count). The molecule has 0 aliphatic heterocycles. The van der Waals surface area contributed by atoms with E-state index < -0.39 is 0 Å². The van der Waals surface area contributed by atoms with Crippen molar-refractivity contribution >= 4 is 22.5 Å². The summed E-state index contributed by atoms with van der Waals surface area (Å²) in [4.78, 5) is 0. The van der Waals surface area contributed by atoms with Gasteiger partial charge < -0.3 is 0 Å². The molecular weight excluding hydrogens is 263 g/mol. The Morgan fingerprint density at radius 2 is 1.46 bits per heavy atom. The first-order chi connectivity index (χ1) is 6.24. The molecule has 0 atom stereocenters. The predicted octanol–water partition coefficient (Wildman–Crippen LogP) is 3.68. The van der Waals surface area contributed by atoms with E-state index in [1.165, 1.54) is 23.7 Å². The predicted molar refractivity (Wildman–Crippen MR) is 62.1 cm³/mol. The van der Waals surface area contributed by atoms with Gasteiger partial charge in [-0.1, -0.05) is 0 Å². The van der Waals surface area contributed by atoms with Gasteiger partial charge in [-0.05, 0) is 0 Å². The summed E-state index contributed by atoms with van der Waals surface area (Å²) in [6, 6.07) is 0. The molecule has 0 heterocycles. The van der Waals surface area contributed by atoms with Gasteiger partial charge in [-0.25, -0.2) is 0 Å². The van der Waals surface area contributed by atoms with Crippen LogP contribution in [0.2, 0.25) is 4.44 Å². The molecule has 3 radical (unpaired) electrons. The van der Waals surface area contributed by atoms with E-state index >= 15 is 0 Å². The van der Waals surface area contributed by atoms with Crippen molar-refractivity contribution in [2.24, 2.45) is 5.41 Å². The molecule has 0 N–H and O–H groups in total. The Hall–Kier alpha value is 0.0187. The van der Waals surface area contributed by atoms with Gasteiger partial charge in [0.05, 0.1) is 0 Å². The number of hydrogen-bond acceptors (Lipinski definition) is 0. The minimum absolute atomic E-state index is 0.0266. The van der Waals surface area contributed by atoms with Crippen molar-refractivity contribution in [2.45, 2.75) is 30.1 Å². The fraction of sp³-hybridized carbons (Fsp3) is 0.500. The van der Waals surface area contributed by atoms with Crippen LogP contribution in [0.15, 0.2) is 38.0 Å². The van der Waals surface area contributed by atoms with Crippen molar-refractivity contribution in [2.75, 3.05) is 0 Å². The summed E-state index contributed by atoms with van der Waals surface area (Å²) in [5, 5.41) is 0. The van der Waals surface area contributed by atoms with Crippen LogP contribution in [0.1, 0.15) is 25.7 Å².